The highest BCUT2D eigenvalue weighted by molar-refractivity contribution is 5.80. The van der Waals surface area contributed by atoms with Gasteiger partial charge in [0.15, 0.2) is 0 Å². The first-order chi connectivity index (χ1) is 16.1. The summed E-state index contributed by atoms with van der Waals surface area (Å²) >= 11 is 0. The van der Waals surface area contributed by atoms with Gasteiger partial charge < -0.3 is 16.0 Å². The smallest absolute Gasteiger partial charge is 0.244 e. The molecule has 2 heterocycles. The molecule has 188 valence electrons. The summed E-state index contributed by atoms with van der Waals surface area (Å²) in [5.74, 6) is 0.383. The zero-order valence-electron chi connectivity index (χ0n) is 20.8. The summed E-state index contributed by atoms with van der Waals surface area (Å²) in [4.78, 5) is 26.9. The van der Waals surface area contributed by atoms with E-state index in [9.17, 15) is 9.59 Å². The van der Waals surface area contributed by atoms with Crippen LogP contribution in [0.4, 0.5) is 0 Å². The van der Waals surface area contributed by atoms with Crippen molar-refractivity contribution in [3.05, 3.63) is 11.9 Å². The van der Waals surface area contributed by atoms with Crippen LogP contribution in [0, 0.1) is 6.92 Å². The minimum atomic E-state index is -0.306. The molecule has 0 radical (unpaired) electrons. The zero-order chi connectivity index (χ0) is 23.7. The van der Waals surface area contributed by atoms with Crippen LogP contribution in [0.2, 0.25) is 0 Å². The molecule has 2 amide bonds. The monoisotopic (exact) mass is 462 g/mol. The molecule has 0 aromatic carbocycles. The second-order valence-electron chi connectivity index (χ2n) is 9.45. The number of carbonyl (C=O) groups is 2. The Balaban J connectivity index is 1.47. The Labute approximate surface area is 200 Å². The van der Waals surface area contributed by atoms with Crippen molar-refractivity contribution >= 4 is 11.8 Å². The maximum absolute atomic E-state index is 12.7. The van der Waals surface area contributed by atoms with E-state index in [1.807, 2.05) is 13.1 Å². The normalized spacial score (nSPS) is 14.9. The van der Waals surface area contributed by atoms with Crippen LogP contribution < -0.4 is 11.1 Å². The van der Waals surface area contributed by atoms with E-state index < -0.39 is 0 Å². The number of piperidine rings is 1. The lowest BCUT2D eigenvalue weighted by Gasteiger charge is -2.26. The Hall–Kier alpha value is -1.96. The molecule has 1 aliphatic heterocycles. The number of amides is 2. The molecule has 1 aromatic heterocycles. The summed E-state index contributed by atoms with van der Waals surface area (Å²) in [6, 6.07) is -0.306. The van der Waals surface area contributed by atoms with Gasteiger partial charge in [0, 0.05) is 32.3 Å². The molecule has 1 saturated heterocycles. The number of likely N-dealkylation sites (tertiary alicyclic amines) is 1. The summed E-state index contributed by atoms with van der Waals surface area (Å²) in [7, 11) is 0. The van der Waals surface area contributed by atoms with Gasteiger partial charge in [-0.1, -0.05) is 43.7 Å². The molecule has 2 rings (SSSR count). The molecule has 0 unspecified atom stereocenters. The molecule has 8 heteroatoms. The van der Waals surface area contributed by atoms with Crippen LogP contribution >= 0.6 is 0 Å². The third-order valence-electron chi connectivity index (χ3n) is 6.50. The van der Waals surface area contributed by atoms with Gasteiger partial charge in [-0.05, 0) is 64.8 Å². The number of hydrogen-bond donors (Lipinski definition) is 2. The minimum absolute atomic E-state index is 0.0241. The Kier molecular flexibility index (Phi) is 13.7. The van der Waals surface area contributed by atoms with E-state index in [4.69, 9.17) is 5.73 Å². The van der Waals surface area contributed by atoms with E-state index in [1.54, 1.807) is 4.68 Å². The Morgan fingerprint density at radius 1 is 0.970 bits per heavy atom. The molecule has 0 spiro atoms. The van der Waals surface area contributed by atoms with Crippen LogP contribution in [0.25, 0.3) is 0 Å². The fourth-order valence-corrected chi connectivity index (χ4v) is 4.48. The predicted octanol–water partition coefficient (Wildman–Crippen LogP) is 3.90. The van der Waals surface area contributed by atoms with Gasteiger partial charge in [-0.15, -0.1) is 5.10 Å². The number of rotatable bonds is 17. The van der Waals surface area contributed by atoms with Crippen molar-refractivity contribution in [3.63, 3.8) is 0 Å². The van der Waals surface area contributed by atoms with Crippen molar-refractivity contribution in [2.24, 2.45) is 5.73 Å². The summed E-state index contributed by atoms with van der Waals surface area (Å²) < 4.78 is 1.68. The molecule has 0 saturated carbocycles. The Bertz CT molecular complexity index is 672. The number of aromatic nitrogens is 3. The Morgan fingerprint density at radius 2 is 1.64 bits per heavy atom. The van der Waals surface area contributed by atoms with Crippen LogP contribution in [0.5, 0.6) is 0 Å². The quantitative estimate of drug-likeness (QED) is 0.342. The standard InChI is InChI=1S/C25H46N6O2/c1-22-21-31(29-28-22)23(15-10-11-17-26)25(33)27-18-12-7-5-3-2-4-6-9-16-24(32)30-19-13-8-14-20-30/h21,23H,2-20,26H2,1H3,(H,27,33)/t23-/m0/s1. The topological polar surface area (TPSA) is 106 Å². The van der Waals surface area contributed by atoms with Crippen LogP contribution in [0.3, 0.4) is 0 Å². The second-order valence-corrected chi connectivity index (χ2v) is 9.45. The number of nitrogens with zero attached hydrogens (tertiary/aromatic N) is 4. The highest BCUT2D eigenvalue weighted by Crippen LogP contribution is 2.16. The Morgan fingerprint density at radius 3 is 2.27 bits per heavy atom. The van der Waals surface area contributed by atoms with Crippen molar-refractivity contribution < 1.29 is 9.59 Å². The first-order valence-corrected chi connectivity index (χ1v) is 13.3. The molecule has 0 aliphatic carbocycles. The van der Waals surface area contributed by atoms with Gasteiger partial charge in [0.1, 0.15) is 6.04 Å². The average molecular weight is 463 g/mol. The molecule has 3 N–H and O–H groups in total. The van der Waals surface area contributed by atoms with Crippen LogP contribution in [-0.4, -0.2) is 57.9 Å². The summed E-state index contributed by atoms with van der Waals surface area (Å²) in [5, 5.41) is 11.2. The first kappa shape index (κ1) is 27.3. The fourth-order valence-electron chi connectivity index (χ4n) is 4.48. The molecule has 33 heavy (non-hydrogen) atoms. The third-order valence-corrected chi connectivity index (χ3v) is 6.50. The highest BCUT2D eigenvalue weighted by atomic mass is 16.2. The van der Waals surface area contributed by atoms with E-state index in [0.29, 0.717) is 19.0 Å². The lowest BCUT2D eigenvalue weighted by Crippen LogP contribution is -2.35. The second kappa shape index (κ2) is 16.6. The van der Waals surface area contributed by atoms with Gasteiger partial charge in [-0.25, -0.2) is 4.68 Å². The summed E-state index contributed by atoms with van der Waals surface area (Å²) in [5.41, 5.74) is 6.41. The van der Waals surface area contributed by atoms with Crippen molar-refractivity contribution in [2.75, 3.05) is 26.2 Å². The molecule has 1 fully saturated rings. The van der Waals surface area contributed by atoms with E-state index >= 15 is 0 Å². The third kappa shape index (κ3) is 11.1. The number of nitrogens with one attached hydrogen (secondary N) is 1. The van der Waals surface area contributed by atoms with Crippen LogP contribution in [0.1, 0.15) is 108 Å². The molecule has 8 nitrogen and oxygen atoms in total. The molecular formula is C25H46N6O2. The lowest BCUT2D eigenvalue weighted by molar-refractivity contribution is -0.132. The van der Waals surface area contributed by atoms with E-state index in [0.717, 1.165) is 70.2 Å². The fraction of sp³-hybridized carbons (Fsp3) is 0.840. The van der Waals surface area contributed by atoms with Gasteiger partial charge >= 0.3 is 0 Å². The molecule has 1 aliphatic rings. The number of aryl methyl sites for hydroxylation is 1. The van der Waals surface area contributed by atoms with Crippen molar-refractivity contribution in [1.29, 1.82) is 0 Å². The highest BCUT2D eigenvalue weighted by Gasteiger charge is 2.21. The van der Waals surface area contributed by atoms with Gasteiger partial charge in [0.2, 0.25) is 11.8 Å². The average Bonchev–Trinajstić information content (AvgIpc) is 3.26. The largest absolute Gasteiger partial charge is 0.354 e. The van der Waals surface area contributed by atoms with E-state index in [-0.39, 0.29) is 11.9 Å². The SMILES string of the molecule is Cc1cn([C@@H](CCCCN)C(=O)NCCCCCCCCCCC(=O)N2CCCCC2)nn1. The number of carbonyl (C=O) groups excluding carboxylic acids is 2. The van der Waals surface area contributed by atoms with Gasteiger partial charge in [-0.3, -0.25) is 9.59 Å². The molecule has 0 bridgehead atoms. The zero-order valence-corrected chi connectivity index (χ0v) is 20.8. The van der Waals surface area contributed by atoms with E-state index in [2.05, 4.69) is 20.5 Å². The van der Waals surface area contributed by atoms with E-state index in [1.165, 1.54) is 44.9 Å². The summed E-state index contributed by atoms with van der Waals surface area (Å²) in [6.45, 7) is 5.16. The minimum Gasteiger partial charge on any atom is -0.354 e. The van der Waals surface area contributed by atoms with Crippen molar-refractivity contribution in [2.45, 2.75) is 109 Å². The van der Waals surface area contributed by atoms with Gasteiger partial charge in [0.05, 0.1) is 5.69 Å². The lowest BCUT2D eigenvalue weighted by atomic mass is 10.1. The van der Waals surface area contributed by atoms with Gasteiger partial charge in [0.25, 0.3) is 0 Å². The number of nitrogens with two attached hydrogens (primary N) is 1. The molecule has 1 atom stereocenters. The van der Waals surface area contributed by atoms with Crippen molar-refractivity contribution in [3.8, 4) is 0 Å². The van der Waals surface area contributed by atoms with Crippen LogP contribution in [-0.2, 0) is 9.59 Å². The molecule has 1 aromatic rings. The van der Waals surface area contributed by atoms with Gasteiger partial charge in [-0.2, -0.15) is 0 Å². The first-order valence-electron chi connectivity index (χ1n) is 13.3. The van der Waals surface area contributed by atoms with Crippen LogP contribution in [0.15, 0.2) is 6.20 Å². The number of hydrogen-bond acceptors (Lipinski definition) is 5. The van der Waals surface area contributed by atoms with Crippen molar-refractivity contribution in [1.82, 2.24) is 25.2 Å². The molecular weight excluding hydrogens is 416 g/mol. The number of unbranched alkanes of at least 4 members (excludes halogenated alkanes) is 8. The predicted molar refractivity (Wildman–Crippen MR) is 132 cm³/mol. The maximum Gasteiger partial charge on any atom is 0.244 e. The maximum atomic E-state index is 12.7. The summed E-state index contributed by atoms with van der Waals surface area (Å²) in [6.07, 6.45) is 17.9.